The number of methoxy groups -OCH3 is 1. The van der Waals surface area contributed by atoms with Gasteiger partial charge in [-0.2, -0.15) is 0 Å². The van der Waals surface area contributed by atoms with Crippen molar-refractivity contribution >= 4 is 0 Å². The van der Waals surface area contributed by atoms with E-state index in [-0.39, 0.29) is 0 Å². The summed E-state index contributed by atoms with van der Waals surface area (Å²) in [6.07, 6.45) is 1.41. The third kappa shape index (κ3) is 2.42. The Morgan fingerprint density at radius 3 is 2.87 bits per heavy atom. The van der Waals surface area contributed by atoms with Crippen molar-refractivity contribution in [3.05, 3.63) is 23.8 Å². The molecule has 3 nitrogen and oxygen atoms in total. The van der Waals surface area contributed by atoms with Gasteiger partial charge in [0, 0.05) is 6.54 Å². The summed E-state index contributed by atoms with van der Waals surface area (Å²) in [7, 11) is 1.68. The van der Waals surface area contributed by atoms with Gasteiger partial charge in [0.1, 0.15) is 17.6 Å². The molecular weight excluding hydrogens is 190 g/mol. The highest BCUT2D eigenvalue weighted by molar-refractivity contribution is 5.39. The first kappa shape index (κ1) is 10.3. The Labute approximate surface area is 90.4 Å². The van der Waals surface area contributed by atoms with Gasteiger partial charge in [-0.3, -0.25) is 0 Å². The second-order valence-electron chi connectivity index (χ2n) is 3.86. The van der Waals surface area contributed by atoms with E-state index in [0.29, 0.717) is 6.10 Å². The largest absolute Gasteiger partial charge is 0.497 e. The highest BCUT2D eigenvalue weighted by Gasteiger charge is 2.16. The van der Waals surface area contributed by atoms with E-state index in [1.54, 1.807) is 7.11 Å². The van der Waals surface area contributed by atoms with Gasteiger partial charge in [-0.1, -0.05) is 0 Å². The number of hydrogen-bond acceptors (Lipinski definition) is 3. The molecule has 1 aromatic rings. The predicted octanol–water partition coefficient (Wildman–Crippen LogP) is 1.74. The highest BCUT2D eigenvalue weighted by atomic mass is 16.5. The van der Waals surface area contributed by atoms with Crippen LogP contribution in [-0.2, 0) is 0 Å². The van der Waals surface area contributed by atoms with Crippen molar-refractivity contribution in [1.82, 2.24) is 5.32 Å². The van der Waals surface area contributed by atoms with Gasteiger partial charge in [-0.15, -0.1) is 0 Å². The molecule has 0 aromatic heterocycles. The fourth-order valence-corrected chi connectivity index (χ4v) is 1.79. The van der Waals surface area contributed by atoms with E-state index in [4.69, 9.17) is 9.47 Å². The van der Waals surface area contributed by atoms with Gasteiger partial charge in [-0.05, 0) is 43.7 Å². The minimum Gasteiger partial charge on any atom is -0.497 e. The Bertz CT molecular complexity index is 332. The monoisotopic (exact) mass is 207 g/mol. The minimum atomic E-state index is 0.317. The normalized spacial score (nSPS) is 20.3. The van der Waals surface area contributed by atoms with Crippen LogP contribution in [0, 0.1) is 6.92 Å². The summed E-state index contributed by atoms with van der Waals surface area (Å²) >= 11 is 0. The zero-order valence-corrected chi connectivity index (χ0v) is 9.25. The average molecular weight is 207 g/mol. The second kappa shape index (κ2) is 4.53. The first-order chi connectivity index (χ1) is 7.29. The van der Waals surface area contributed by atoms with Gasteiger partial charge in [0.15, 0.2) is 0 Å². The van der Waals surface area contributed by atoms with Crippen LogP contribution in [0.1, 0.15) is 12.0 Å². The van der Waals surface area contributed by atoms with Crippen molar-refractivity contribution in [2.75, 3.05) is 20.2 Å². The molecule has 1 N–H and O–H groups in total. The van der Waals surface area contributed by atoms with Crippen LogP contribution in [0.5, 0.6) is 11.5 Å². The maximum atomic E-state index is 5.89. The molecule has 1 aromatic carbocycles. The third-order valence-electron chi connectivity index (χ3n) is 2.69. The van der Waals surface area contributed by atoms with Gasteiger partial charge in [0.25, 0.3) is 0 Å². The molecule has 3 heteroatoms. The first-order valence-corrected chi connectivity index (χ1v) is 5.31. The van der Waals surface area contributed by atoms with Crippen molar-refractivity contribution in [3.63, 3.8) is 0 Å². The summed E-state index contributed by atoms with van der Waals surface area (Å²) in [6.45, 7) is 4.05. The number of aryl methyl sites for hydroxylation is 1. The van der Waals surface area contributed by atoms with Crippen LogP contribution >= 0.6 is 0 Å². The number of ether oxygens (including phenoxy) is 2. The molecule has 0 amide bonds. The van der Waals surface area contributed by atoms with Gasteiger partial charge < -0.3 is 14.8 Å². The SMILES string of the molecule is COc1ccc(OC2CCNC2)c(C)c1. The van der Waals surface area contributed by atoms with Crippen LogP contribution in [0.25, 0.3) is 0 Å². The quantitative estimate of drug-likeness (QED) is 0.819. The number of benzene rings is 1. The molecule has 1 unspecified atom stereocenters. The Morgan fingerprint density at radius 2 is 2.27 bits per heavy atom. The lowest BCUT2D eigenvalue weighted by Gasteiger charge is -2.15. The van der Waals surface area contributed by atoms with Gasteiger partial charge in [0.05, 0.1) is 7.11 Å². The molecule has 1 fully saturated rings. The maximum Gasteiger partial charge on any atom is 0.122 e. The minimum absolute atomic E-state index is 0.317. The van der Waals surface area contributed by atoms with Crippen molar-refractivity contribution in [1.29, 1.82) is 0 Å². The smallest absolute Gasteiger partial charge is 0.122 e. The summed E-state index contributed by atoms with van der Waals surface area (Å²) in [5, 5.41) is 3.28. The summed E-state index contributed by atoms with van der Waals surface area (Å²) in [5.41, 5.74) is 1.13. The molecule has 0 radical (unpaired) electrons. The third-order valence-corrected chi connectivity index (χ3v) is 2.69. The lowest BCUT2D eigenvalue weighted by Crippen LogP contribution is -2.19. The molecule has 1 saturated heterocycles. The molecule has 2 rings (SSSR count). The van der Waals surface area contributed by atoms with Crippen LogP contribution in [0.2, 0.25) is 0 Å². The van der Waals surface area contributed by atoms with E-state index < -0.39 is 0 Å². The highest BCUT2D eigenvalue weighted by Crippen LogP contribution is 2.24. The average Bonchev–Trinajstić information content (AvgIpc) is 2.74. The zero-order chi connectivity index (χ0) is 10.7. The summed E-state index contributed by atoms with van der Waals surface area (Å²) in [4.78, 5) is 0. The maximum absolute atomic E-state index is 5.89. The molecule has 0 bridgehead atoms. The molecule has 1 aliphatic heterocycles. The molecule has 82 valence electrons. The van der Waals surface area contributed by atoms with Crippen LogP contribution in [-0.4, -0.2) is 26.3 Å². The van der Waals surface area contributed by atoms with Crippen molar-refractivity contribution in [2.24, 2.45) is 0 Å². The van der Waals surface area contributed by atoms with Gasteiger partial charge in [0.2, 0.25) is 0 Å². The van der Waals surface area contributed by atoms with Crippen molar-refractivity contribution in [2.45, 2.75) is 19.4 Å². The van der Waals surface area contributed by atoms with E-state index in [1.165, 1.54) is 0 Å². The molecule has 0 saturated carbocycles. The standard InChI is InChI=1S/C12H17NO2/c1-9-7-10(14-2)3-4-12(9)15-11-5-6-13-8-11/h3-4,7,11,13H,5-6,8H2,1-2H3. The Hall–Kier alpha value is -1.22. The molecule has 1 heterocycles. The fourth-order valence-electron chi connectivity index (χ4n) is 1.79. The molecule has 0 spiro atoms. The lowest BCUT2D eigenvalue weighted by atomic mass is 10.2. The Balaban J connectivity index is 2.07. The summed E-state index contributed by atoms with van der Waals surface area (Å²) in [5.74, 6) is 1.84. The first-order valence-electron chi connectivity index (χ1n) is 5.31. The number of hydrogen-bond donors (Lipinski definition) is 1. The molecule has 15 heavy (non-hydrogen) atoms. The summed E-state index contributed by atoms with van der Waals surface area (Å²) < 4.78 is 11.0. The van der Waals surface area contributed by atoms with Crippen molar-refractivity contribution in [3.8, 4) is 11.5 Å². The topological polar surface area (TPSA) is 30.5 Å². The van der Waals surface area contributed by atoms with Crippen LogP contribution in [0.4, 0.5) is 0 Å². The Kier molecular flexibility index (Phi) is 3.11. The van der Waals surface area contributed by atoms with Crippen LogP contribution < -0.4 is 14.8 Å². The second-order valence-corrected chi connectivity index (χ2v) is 3.86. The zero-order valence-electron chi connectivity index (χ0n) is 9.25. The van der Waals surface area contributed by atoms with E-state index in [0.717, 1.165) is 36.6 Å². The Morgan fingerprint density at radius 1 is 1.40 bits per heavy atom. The van der Waals surface area contributed by atoms with E-state index >= 15 is 0 Å². The molecule has 1 atom stereocenters. The lowest BCUT2D eigenvalue weighted by molar-refractivity contribution is 0.221. The molecular formula is C12H17NO2. The van der Waals surface area contributed by atoms with Gasteiger partial charge in [-0.25, -0.2) is 0 Å². The van der Waals surface area contributed by atoms with Crippen molar-refractivity contribution < 1.29 is 9.47 Å². The van der Waals surface area contributed by atoms with E-state index in [2.05, 4.69) is 5.32 Å². The van der Waals surface area contributed by atoms with Gasteiger partial charge >= 0.3 is 0 Å². The number of rotatable bonds is 3. The van der Waals surface area contributed by atoms with E-state index in [9.17, 15) is 0 Å². The molecule has 0 aliphatic carbocycles. The summed E-state index contributed by atoms with van der Waals surface area (Å²) in [6, 6.07) is 5.91. The predicted molar refractivity (Wildman–Crippen MR) is 59.6 cm³/mol. The van der Waals surface area contributed by atoms with Crippen LogP contribution in [0.15, 0.2) is 18.2 Å². The van der Waals surface area contributed by atoms with Crippen LogP contribution in [0.3, 0.4) is 0 Å². The van der Waals surface area contributed by atoms with E-state index in [1.807, 2.05) is 25.1 Å². The number of nitrogens with one attached hydrogen (secondary N) is 1. The fraction of sp³-hybridized carbons (Fsp3) is 0.500. The molecule has 1 aliphatic rings.